The molecule has 4 heteroatoms. The quantitative estimate of drug-likeness (QED) is 0.175. The van der Waals surface area contributed by atoms with Crippen LogP contribution in [0.5, 0.6) is 11.5 Å². The summed E-state index contributed by atoms with van der Waals surface area (Å²) in [5, 5.41) is 5.16. The number of fused-ring (bicyclic) bond motifs is 8. The lowest BCUT2D eigenvalue weighted by atomic mass is 9.85. The summed E-state index contributed by atoms with van der Waals surface area (Å²) >= 11 is 1.78. The van der Waals surface area contributed by atoms with E-state index in [0.717, 1.165) is 32.7 Å². The SMILES string of the molecule is CC(C)(C)c1ccc2c(c1)c1cc(C(C)(C)C)ccc1n2-c1ccc2c(c1)Oc1cc(-n3c4ccc(C(C)(C)C)cc4c4cc(C(C)(C)C)ccc43)ccc1S2. The van der Waals surface area contributed by atoms with E-state index in [1.165, 1.54) is 65.9 Å². The van der Waals surface area contributed by atoms with Crippen LogP contribution >= 0.6 is 11.8 Å². The van der Waals surface area contributed by atoms with Gasteiger partial charge in [0.05, 0.1) is 31.9 Å². The van der Waals surface area contributed by atoms with Gasteiger partial charge >= 0.3 is 0 Å². The van der Waals surface area contributed by atoms with Crippen LogP contribution in [0.4, 0.5) is 0 Å². The lowest BCUT2D eigenvalue weighted by Crippen LogP contribution is -2.10. The molecule has 8 aromatic rings. The second-order valence-corrected chi connectivity index (χ2v) is 21.1. The number of ether oxygens (including phenoxy) is 1. The van der Waals surface area contributed by atoms with E-state index in [1.807, 2.05) is 0 Å². The smallest absolute Gasteiger partial charge is 0.143 e. The summed E-state index contributed by atoms with van der Waals surface area (Å²) in [5.41, 5.74) is 12.6. The number of nitrogens with zero attached hydrogens (tertiary/aromatic N) is 2. The van der Waals surface area contributed by atoms with Crippen molar-refractivity contribution in [3.8, 4) is 22.9 Å². The van der Waals surface area contributed by atoms with Gasteiger partial charge in [-0.1, -0.05) is 119 Å². The molecule has 0 bridgehead atoms. The van der Waals surface area contributed by atoms with Gasteiger partial charge in [0, 0.05) is 45.1 Å². The minimum Gasteiger partial charge on any atom is -0.455 e. The molecule has 0 unspecified atom stereocenters. The number of hydrogen-bond donors (Lipinski definition) is 0. The van der Waals surface area contributed by atoms with Gasteiger partial charge in [-0.15, -0.1) is 0 Å². The fourth-order valence-corrected chi connectivity index (χ4v) is 9.22. The van der Waals surface area contributed by atoms with Crippen molar-refractivity contribution in [3.05, 3.63) is 131 Å². The van der Waals surface area contributed by atoms with Gasteiger partial charge in [0.15, 0.2) is 0 Å². The van der Waals surface area contributed by atoms with Crippen molar-refractivity contribution >= 4 is 55.4 Å². The first kappa shape index (κ1) is 36.7. The third-order valence-corrected chi connectivity index (χ3v) is 12.9. The number of rotatable bonds is 2. The molecule has 3 nitrogen and oxygen atoms in total. The van der Waals surface area contributed by atoms with E-state index >= 15 is 0 Å². The monoisotopic (exact) mass is 754 g/mol. The van der Waals surface area contributed by atoms with E-state index in [-0.39, 0.29) is 21.7 Å². The molecule has 6 aromatic carbocycles. The molecule has 0 radical (unpaired) electrons. The van der Waals surface area contributed by atoms with Crippen LogP contribution in [0.25, 0.3) is 55.0 Å². The van der Waals surface area contributed by atoms with E-state index in [1.54, 1.807) is 11.8 Å². The van der Waals surface area contributed by atoms with Crippen molar-refractivity contribution in [2.45, 2.75) is 115 Å². The van der Waals surface area contributed by atoms with Crippen LogP contribution in [0.3, 0.4) is 0 Å². The number of hydrogen-bond acceptors (Lipinski definition) is 2. The van der Waals surface area contributed by atoms with Gasteiger partial charge in [-0.05, 0) is 117 Å². The normalized spacial score (nSPS) is 13.8. The zero-order valence-electron chi connectivity index (χ0n) is 35.1. The van der Waals surface area contributed by atoms with E-state index in [9.17, 15) is 0 Å². The summed E-state index contributed by atoms with van der Waals surface area (Å²) in [7, 11) is 0. The Bertz CT molecular complexity index is 2550. The Morgan fingerprint density at radius 2 is 0.643 bits per heavy atom. The van der Waals surface area contributed by atoms with Gasteiger partial charge < -0.3 is 13.9 Å². The van der Waals surface area contributed by atoms with Gasteiger partial charge in [-0.3, -0.25) is 0 Å². The largest absolute Gasteiger partial charge is 0.455 e. The minimum atomic E-state index is 0.0529. The Morgan fingerprint density at radius 1 is 0.357 bits per heavy atom. The maximum atomic E-state index is 6.91. The van der Waals surface area contributed by atoms with E-state index < -0.39 is 0 Å². The Morgan fingerprint density at radius 3 is 0.911 bits per heavy atom. The van der Waals surface area contributed by atoms with Crippen LogP contribution in [0.1, 0.15) is 105 Å². The first-order chi connectivity index (χ1) is 26.3. The summed E-state index contributed by atoms with van der Waals surface area (Å²) < 4.78 is 11.7. The second kappa shape index (κ2) is 12.3. The lowest BCUT2D eigenvalue weighted by Gasteiger charge is -2.22. The summed E-state index contributed by atoms with van der Waals surface area (Å²) in [6.45, 7) is 27.5. The average Bonchev–Trinajstić information content (AvgIpc) is 3.63. The molecule has 284 valence electrons. The van der Waals surface area contributed by atoms with Crippen molar-refractivity contribution in [1.82, 2.24) is 9.13 Å². The minimum absolute atomic E-state index is 0.0529. The molecule has 0 amide bonds. The molecular formula is C52H54N2OS. The molecule has 0 N–H and O–H groups in total. The molecule has 56 heavy (non-hydrogen) atoms. The molecule has 1 aliphatic heterocycles. The maximum Gasteiger partial charge on any atom is 0.143 e. The third-order valence-electron chi connectivity index (χ3n) is 11.8. The highest BCUT2D eigenvalue weighted by Crippen LogP contribution is 2.50. The Hall–Kier alpha value is -4.93. The lowest BCUT2D eigenvalue weighted by molar-refractivity contribution is 0.454. The van der Waals surface area contributed by atoms with E-state index in [0.29, 0.717) is 0 Å². The van der Waals surface area contributed by atoms with Gasteiger partial charge in [-0.25, -0.2) is 0 Å². The van der Waals surface area contributed by atoms with Crippen LogP contribution in [0.2, 0.25) is 0 Å². The first-order valence-electron chi connectivity index (χ1n) is 20.1. The second-order valence-electron chi connectivity index (χ2n) is 20.1. The van der Waals surface area contributed by atoms with Crippen molar-refractivity contribution < 1.29 is 4.74 Å². The molecule has 2 aromatic heterocycles. The molecule has 0 saturated carbocycles. The summed E-state index contributed by atoms with van der Waals surface area (Å²) in [6, 6.07) is 41.5. The van der Waals surface area contributed by atoms with Crippen LogP contribution in [0, 0.1) is 0 Å². The van der Waals surface area contributed by atoms with Gasteiger partial charge in [0.2, 0.25) is 0 Å². The molecule has 3 heterocycles. The maximum absolute atomic E-state index is 6.91. The summed E-state index contributed by atoms with van der Waals surface area (Å²) in [4.78, 5) is 2.25. The molecule has 0 aliphatic carbocycles. The van der Waals surface area contributed by atoms with Crippen molar-refractivity contribution in [2.75, 3.05) is 0 Å². The van der Waals surface area contributed by atoms with Crippen molar-refractivity contribution in [2.24, 2.45) is 0 Å². The molecule has 0 fully saturated rings. The van der Waals surface area contributed by atoms with E-state index in [2.05, 4.69) is 201 Å². The predicted molar refractivity (Wildman–Crippen MR) is 241 cm³/mol. The number of benzene rings is 6. The topological polar surface area (TPSA) is 19.1 Å². The summed E-state index contributed by atoms with van der Waals surface area (Å²) in [6.07, 6.45) is 0. The standard InChI is InChI=1S/C52H54N2OS/c1-49(2,3)31-13-19-41-37(25-31)38-26-32(50(4,5)6)14-20-42(38)53(41)35-17-23-47-45(29-35)55-46-30-36(18-24-48(46)56-47)54-43-21-15-33(51(7,8)9)27-39(43)40-28-34(52(10,11)12)16-22-44(40)54/h13-30H,1-12H3. The molecule has 1 aliphatic rings. The fraction of sp³-hybridized carbons (Fsp3) is 0.308. The third kappa shape index (κ3) is 6.04. The Kier molecular flexibility index (Phi) is 8.05. The van der Waals surface area contributed by atoms with Crippen molar-refractivity contribution in [1.29, 1.82) is 0 Å². The van der Waals surface area contributed by atoms with Crippen LogP contribution < -0.4 is 4.74 Å². The molecular weight excluding hydrogens is 701 g/mol. The van der Waals surface area contributed by atoms with Crippen LogP contribution in [-0.2, 0) is 21.7 Å². The fourth-order valence-electron chi connectivity index (χ4n) is 8.31. The molecule has 0 saturated heterocycles. The molecule has 0 spiro atoms. The van der Waals surface area contributed by atoms with E-state index in [4.69, 9.17) is 4.74 Å². The predicted octanol–water partition coefficient (Wildman–Crippen LogP) is 15.3. The first-order valence-corrected chi connectivity index (χ1v) is 20.9. The van der Waals surface area contributed by atoms with Gasteiger partial charge in [0.25, 0.3) is 0 Å². The highest BCUT2D eigenvalue weighted by molar-refractivity contribution is 7.99. The van der Waals surface area contributed by atoms with Crippen molar-refractivity contribution in [3.63, 3.8) is 0 Å². The highest BCUT2D eigenvalue weighted by atomic mass is 32.2. The molecule has 0 atom stereocenters. The molecule has 9 rings (SSSR count). The van der Waals surface area contributed by atoms with Gasteiger partial charge in [0.1, 0.15) is 11.5 Å². The van der Waals surface area contributed by atoms with Crippen LogP contribution in [-0.4, -0.2) is 9.13 Å². The zero-order valence-corrected chi connectivity index (χ0v) is 35.9. The Labute approximate surface area is 336 Å². The zero-order chi connectivity index (χ0) is 39.7. The van der Waals surface area contributed by atoms with Crippen LogP contribution in [0.15, 0.2) is 119 Å². The van der Waals surface area contributed by atoms with Gasteiger partial charge in [-0.2, -0.15) is 0 Å². The summed E-state index contributed by atoms with van der Waals surface area (Å²) in [5.74, 6) is 1.77. The Balaban J connectivity index is 1.17. The average molecular weight is 755 g/mol. The highest BCUT2D eigenvalue weighted by Gasteiger charge is 2.25. The number of aromatic nitrogens is 2.